The average Bonchev–Trinajstić information content (AvgIpc) is 0. The van der Waals surface area contributed by atoms with Gasteiger partial charge >= 0.3 is 0 Å². The number of hydrogen-bond acceptors (Lipinski definition) is 0. The maximum Gasteiger partial charge on any atom is 0.187 e. The van der Waals surface area contributed by atoms with Crippen molar-refractivity contribution >= 4 is 104 Å². The van der Waals surface area contributed by atoms with E-state index in [4.69, 9.17) is 0 Å². The van der Waals surface area contributed by atoms with Crippen molar-refractivity contribution in [2.24, 2.45) is 0 Å². The van der Waals surface area contributed by atoms with Crippen molar-refractivity contribution in [2.75, 3.05) is 0 Å². The largest absolute Gasteiger partial charge is 0.187 e. The first-order valence-electron chi connectivity index (χ1n) is 0. The van der Waals surface area contributed by atoms with Gasteiger partial charge in [0, 0.05) is 19.5 Å². The molecule has 0 nitrogen and oxygen atoms in total. The predicted octanol–water partition coefficient (Wildman–Crippen LogP) is -7.11. The summed E-state index contributed by atoms with van der Waals surface area (Å²) >= 11 is 0. The summed E-state index contributed by atoms with van der Waals surface area (Å²) in [4.78, 5) is 0. The number of rotatable bonds is 0. The molecule has 7 heteroatoms. The summed E-state index contributed by atoms with van der Waals surface area (Å²) in [5.41, 5.74) is 0. The van der Waals surface area contributed by atoms with E-state index in [0.717, 1.165) is 0 Å². The van der Waals surface area contributed by atoms with Gasteiger partial charge in [-0.2, -0.15) is 0 Å². The van der Waals surface area contributed by atoms with Crippen LogP contribution in [0.3, 0.4) is 0 Å². The van der Waals surface area contributed by atoms with Gasteiger partial charge in [-0.25, -0.2) is 0 Å². The third-order valence-corrected chi connectivity index (χ3v) is 0. The topological polar surface area (TPSA) is 0 Å². The molecule has 0 aromatic carbocycles. The van der Waals surface area contributed by atoms with Crippen LogP contribution in [0.25, 0.3) is 0 Å². The molecule has 0 amide bonds. The zero-order chi connectivity index (χ0) is 0. The monoisotopic (exact) mass is 282 g/mol. The molecule has 0 saturated heterocycles. The van der Waals surface area contributed by atoms with Crippen molar-refractivity contribution in [2.45, 2.75) is 0 Å². The van der Waals surface area contributed by atoms with Gasteiger partial charge in [0.1, 0.15) is 0 Å². The molecule has 0 saturated carbocycles. The Morgan fingerprint density at radius 2 is 0.286 bits per heavy atom. The van der Waals surface area contributed by atoms with Crippen molar-refractivity contribution in [3.8, 4) is 0 Å². The molecule has 0 bridgehead atoms. The second-order valence-corrected chi connectivity index (χ2v) is 0. The summed E-state index contributed by atoms with van der Waals surface area (Å²) in [6.45, 7) is 0. The second-order valence-electron chi connectivity index (χ2n) is 0. The van der Waals surface area contributed by atoms with Crippen LogP contribution in [0.5, 0.6) is 0 Å². The maximum atomic E-state index is 0. The molecule has 0 aliphatic heterocycles. The molecule has 0 heterocycles. The van der Waals surface area contributed by atoms with Crippen molar-refractivity contribution in [3.05, 3.63) is 0 Å². The minimum Gasteiger partial charge on any atom is 0 e. The zero-order valence-corrected chi connectivity index (χ0v) is 2.09. The van der Waals surface area contributed by atoms with E-state index >= 15 is 0 Å². The maximum absolute atomic E-state index is 0. The molecule has 7 heavy (non-hydrogen) atoms. The molecule has 0 spiro atoms. The van der Waals surface area contributed by atoms with E-state index in [2.05, 4.69) is 0 Å². The Balaban J connectivity index is 0. The fourth-order valence-corrected chi connectivity index (χ4v) is 0. The molecule has 0 rings (SSSR count). The summed E-state index contributed by atoms with van der Waals surface area (Å²) in [6.07, 6.45) is 0. The van der Waals surface area contributed by atoms with Crippen LogP contribution in [0.2, 0.25) is 0 Å². The van der Waals surface area contributed by atoms with Gasteiger partial charge in [-0.05, 0) is 0 Å². The molecule has 0 unspecified atom stereocenters. The third-order valence-electron chi connectivity index (χ3n) is 0. The average molecular weight is 281 g/mol. The first-order chi connectivity index (χ1) is 0. The molecule has 0 aromatic heterocycles. The van der Waals surface area contributed by atoms with Crippen LogP contribution >= 0.6 is 0 Å². The van der Waals surface area contributed by atoms with Crippen molar-refractivity contribution in [1.82, 2.24) is 0 Å². The molecule has 0 radical (unpaired) electrons. The molecule has 0 fully saturated rings. The van der Waals surface area contributed by atoms with Gasteiger partial charge < -0.3 is 0 Å². The Labute approximate surface area is 121 Å². The Bertz CT molecular complexity index is 4.14. The van der Waals surface area contributed by atoms with Crippen LogP contribution in [0, 0.1) is 0 Å². The molecule has 0 aliphatic rings. The number of hydrogen-bond donors (Lipinski definition) is 0. The van der Waals surface area contributed by atoms with Gasteiger partial charge in [-0.3, -0.25) is 0 Å². The van der Waals surface area contributed by atoms with Crippen molar-refractivity contribution in [3.63, 3.8) is 0 Å². The second kappa shape index (κ2) is 52.4. The molecular weight excluding hydrogens is 263 g/mol. The smallest absolute Gasteiger partial charge is 0 e. The van der Waals surface area contributed by atoms with Gasteiger partial charge in [0.05, 0.1) is 0 Å². The SMILES string of the molecule is [AlH3].[AlH3].[AlH3].[AlH3].[AlH3].[AlH3].[Ru]. The van der Waals surface area contributed by atoms with E-state index in [1.165, 1.54) is 0 Å². The van der Waals surface area contributed by atoms with Gasteiger partial charge in [0.2, 0.25) is 0 Å². The van der Waals surface area contributed by atoms with Gasteiger partial charge in [0.15, 0.2) is 104 Å². The zero-order valence-electron chi connectivity index (χ0n) is 0.354. The Morgan fingerprint density at radius 1 is 0.286 bits per heavy atom. The van der Waals surface area contributed by atoms with E-state index in [1.807, 2.05) is 0 Å². The summed E-state index contributed by atoms with van der Waals surface area (Å²) in [5, 5.41) is 0. The van der Waals surface area contributed by atoms with Crippen LogP contribution in [0.1, 0.15) is 0 Å². The van der Waals surface area contributed by atoms with Gasteiger partial charge in [-0.15, -0.1) is 0 Å². The van der Waals surface area contributed by atoms with Crippen LogP contribution in [-0.4, -0.2) is 104 Å². The summed E-state index contributed by atoms with van der Waals surface area (Å²) < 4.78 is 0. The molecule has 0 atom stereocenters. The van der Waals surface area contributed by atoms with Crippen LogP contribution in [0.15, 0.2) is 0 Å². The normalized spacial score (nSPS) is 0. The fraction of sp³-hybridized carbons (Fsp3) is 0. The molecule has 44 valence electrons. The predicted molar refractivity (Wildman–Crippen MR) is 59.6 cm³/mol. The third kappa shape index (κ3) is 41.2. The van der Waals surface area contributed by atoms with E-state index in [-0.39, 0.29) is 124 Å². The first kappa shape index (κ1) is 71.5. The Morgan fingerprint density at radius 3 is 0.286 bits per heavy atom. The minimum absolute atomic E-state index is 0. The summed E-state index contributed by atoms with van der Waals surface area (Å²) in [5.74, 6) is 0. The molecule has 0 N–H and O–H groups in total. The van der Waals surface area contributed by atoms with E-state index in [0.29, 0.717) is 0 Å². The van der Waals surface area contributed by atoms with E-state index < -0.39 is 0 Å². The fourth-order valence-electron chi connectivity index (χ4n) is 0. The van der Waals surface area contributed by atoms with Crippen LogP contribution < -0.4 is 0 Å². The summed E-state index contributed by atoms with van der Waals surface area (Å²) in [7, 11) is 0. The van der Waals surface area contributed by atoms with Gasteiger partial charge in [-0.1, -0.05) is 0 Å². The molecule has 0 aromatic rings. The standard InChI is InChI=1S/6Al.Ru.18H. The Kier molecular flexibility index (Phi) is 535. The van der Waals surface area contributed by atoms with Gasteiger partial charge in [0.25, 0.3) is 0 Å². The first-order valence-corrected chi connectivity index (χ1v) is 0. The van der Waals surface area contributed by atoms with E-state index in [1.54, 1.807) is 0 Å². The van der Waals surface area contributed by atoms with Crippen LogP contribution in [-0.2, 0) is 19.5 Å². The van der Waals surface area contributed by atoms with Crippen molar-refractivity contribution < 1.29 is 19.5 Å². The van der Waals surface area contributed by atoms with Crippen molar-refractivity contribution in [1.29, 1.82) is 0 Å². The quantitative estimate of drug-likeness (QED) is 0.387. The minimum atomic E-state index is 0. The Hall–Kier alpha value is 3.82. The molecule has 0 aliphatic carbocycles. The van der Waals surface area contributed by atoms with E-state index in [9.17, 15) is 0 Å². The molecular formula is H18Al6Ru. The van der Waals surface area contributed by atoms with Crippen LogP contribution in [0.4, 0.5) is 0 Å². The summed E-state index contributed by atoms with van der Waals surface area (Å²) in [6, 6.07) is 0.